The van der Waals surface area contributed by atoms with E-state index in [2.05, 4.69) is 45.9 Å². The molecule has 0 aromatic rings. The topological polar surface area (TPSA) is 29.5 Å². The van der Waals surface area contributed by atoms with Gasteiger partial charge in [0, 0.05) is 25.8 Å². The number of hydrogen-bond donors (Lipinski definition) is 0. The van der Waals surface area contributed by atoms with Gasteiger partial charge in [0.2, 0.25) is 5.91 Å². The number of carbonyl (C=O) groups excluding carboxylic acids is 1. The van der Waals surface area contributed by atoms with Crippen molar-refractivity contribution in [1.82, 2.24) is 4.90 Å². The summed E-state index contributed by atoms with van der Waals surface area (Å²) in [5.74, 6) is 0.0789. The minimum atomic E-state index is 0.0789. The maximum Gasteiger partial charge on any atom is 0.246 e. The lowest BCUT2D eigenvalue weighted by molar-refractivity contribution is -0.126. The van der Waals surface area contributed by atoms with E-state index in [0.717, 1.165) is 25.1 Å². The van der Waals surface area contributed by atoms with Crippen LogP contribution in [0, 0.1) is 5.41 Å². The first-order valence-electron chi connectivity index (χ1n) is 10.6. The minimum Gasteiger partial charge on any atom is -0.380 e. The van der Waals surface area contributed by atoms with Crippen LogP contribution in [0.1, 0.15) is 60.3 Å². The molecule has 0 aromatic heterocycles. The van der Waals surface area contributed by atoms with E-state index >= 15 is 0 Å². The Bertz CT molecular complexity index is 696. The Labute approximate surface area is 171 Å². The first kappa shape index (κ1) is 22.4. The third-order valence-corrected chi connectivity index (χ3v) is 5.66. The molecule has 0 aromatic carbocycles. The second kappa shape index (κ2) is 10.6. The normalized spacial score (nSPS) is 22.2. The number of rotatable bonds is 5. The lowest BCUT2D eigenvalue weighted by Crippen LogP contribution is -2.31. The maximum absolute atomic E-state index is 12.4. The SMILES string of the molecule is CC1=C(/C=C/C(C)=C/C=C/C(C)=C/C(=O)N2CCCOCC2)C(C)(C)CCC1. The Morgan fingerprint density at radius 1 is 1.07 bits per heavy atom. The fourth-order valence-corrected chi connectivity index (χ4v) is 3.93. The van der Waals surface area contributed by atoms with Crippen molar-refractivity contribution in [2.24, 2.45) is 5.41 Å². The maximum atomic E-state index is 12.4. The minimum absolute atomic E-state index is 0.0789. The summed E-state index contributed by atoms with van der Waals surface area (Å²) in [5, 5.41) is 0. The highest BCUT2D eigenvalue weighted by Crippen LogP contribution is 2.40. The summed E-state index contributed by atoms with van der Waals surface area (Å²) in [6, 6.07) is 0. The van der Waals surface area contributed by atoms with Gasteiger partial charge >= 0.3 is 0 Å². The molecule has 154 valence electrons. The highest BCUT2D eigenvalue weighted by Gasteiger charge is 2.26. The first-order chi connectivity index (χ1) is 13.3. The van der Waals surface area contributed by atoms with Crippen molar-refractivity contribution in [2.45, 2.75) is 60.3 Å². The molecule has 28 heavy (non-hydrogen) atoms. The third-order valence-electron chi connectivity index (χ3n) is 5.66. The Balaban J connectivity index is 1.95. The number of nitrogens with zero attached hydrogens (tertiary/aromatic N) is 1. The van der Waals surface area contributed by atoms with E-state index in [1.54, 1.807) is 6.08 Å². The molecule has 1 aliphatic heterocycles. The van der Waals surface area contributed by atoms with Crippen LogP contribution in [0.3, 0.4) is 0 Å². The van der Waals surface area contributed by atoms with E-state index < -0.39 is 0 Å². The molecule has 3 nitrogen and oxygen atoms in total. The standard InChI is InChI=1S/C25H37NO2/c1-20(12-13-23-22(3)11-7-14-25(23,4)5)9-6-10-21(2)19-24(27)26-15-8-17-28-18-16-26/h6,9-10,12-13,19H,7-8,11,14-18H2,1-5H3/b10-6+,13-12+,20-9+,21-19+. The fraction of sp³-hybridized carbons (Fsp3) is 0.560. The van der Waals surface area contributed by atoms with E-state index in [1.807, 2.05) is 24.0 Å². The summed E-state index contributed by atoms with van der Waals surface area (Å²) in [7, 11) is 0. The largest absolute Gasteiger partial charge is 0.380 e. The zero-order chi connectivity index (χ0) is 20.6. The summed E-state index contributed by atoms with van der Waals surface area (Å²) in [5.41, 5.74) is 5.45. The fourth-order valence-electron chi connectivity index (χ4n) is 3.93. The van der Waals surface area contributed by atoms with Gasteiger partial charge in [-0.3, -0.25) is 4.79 Å². The highest BCUT2D eigenvalue weighted by atomic mass is 16.5. The monoisotopic (exact) mass is 383 g/mol. The average molecular weight is 384 g/mol. The van der Waals surface area contributed by atoms with Gasteiger partial charge in [-0.1, -0.05) is 55.4 Å². The second-order valence-corrected chi connectivity index (χ2v) is 8.71. The van der Waals surface area contributed by atoms with Gasteiger partial charge in [-0.15, -0.1) is 0 Å². The molecular weight excluding hydrogens is 346 g/mol. The highest BCUT2D eigenvalue weighted by molar-refractivity contribution is 5.88. The van der Waals surface area contributed by atoms with Crippen molar-refractivity contribution in [3.8, 4) is 0 Å². The summed E-state index contributed by atoms with van der Waals surface area (Å²) in [4.78, 5) is 14.2. The molecule has 2 rings (SSSR count). The molecule has 1 saturated heterocycles. The van der Waals surface area contributed by atoms with Crippen LogP contribution < -0.4 is 0 Å². The smallest absolute Gasteiger partial charge is 0.246 e. The molecule has 0 radical (unpaired) electrons. The van der Waals surface area contributed by atoms with Crippen LogP contribution in [0.5, 0.6) is 0 Å². The third kappa shape index (κ3) is 6.94. The molecule has 0 atom stereocenters. The zero-order valence-electron chi connectivity index (χ0n) is 18.4. The number of hydrogen-bond acceptors (Lipinski definition) is 2. The van der Waals surface area contributed by atoms with Gasteiger partial charge < -0.3 is 9.64 Å². The van der Waals surface area contributed by atoms with Crippen LogP contribution in [0.4, 0.5) is 0 Å². The quantitative estimate of drug-likeness (QED) is 0.446. The van der Waals surface area contributed by atoms with Gasteiger partial charge in [0.05, 0.1) is 6.61 Å². The summed E-state index contributed by atoms with van der Waals surface area (Å²) < 4.78 is 5.41. The van der Waals surface area contributed by atoms with Gasteiger partial charge in [-0.25, -0.2) is 0 Å². The zero-order valence-corrected chi connectivity index (χ0v) is 18.4. The summed E-state index contributed by atoms with van der Waals surface area (Å²) >= 11 is 0. The van der Waals surface area contributed by atoms with Gasteiger partial charge in [0.25, 0.3) is 0 Å². The van der Waals surface area contributed by atoms with Gasteiger partial charge in [-0.05, 0) is 63.0 Å². The molecule has 0 N–H and O–H groups in total. The lowest BCUT2D eigenvalue weighted by atomic mass is 9.72. The Morgan fingerprint density at radius 3 is 2.61 bits per heavy atom. The summed E-state index contributed by atoms with van der Waals surface area (Å²) in [6.07, 6.45) is 17.0. The molecular formula is C25H37NO2. The molecule has 1 fully saturated rings. The van der Waals surface area contributed by atoms with Crippen molar-refractivity contribution >= 4 is 5.91 Å². The summed E-state index contributed by atoms with van der Waals surface area (Å²) in [6.45, 7) is 13.9. The Morgan fingerprint density at radius 2 is 1.86 bits per heavy atom. The first-order valence-corrected chi connectivity index (χ1v) is 10.6. The van der Waals surface area contributed by atoms with Crippen molar-refractivity contribution in [1.29, 1.82) is 0 Å². The molecule has 1 amide bonds. The molecule has 0 unspecified atom stereocenters. The van der Waals surface area contributed by atoms with Crippen molar-refractivity contribution in [2.75, 3.05) is 26.3 Å². The number of ether oxygens (including phenoxy) is 1. The molecule has 0 saturated carbocycles. The van der Waals surface area contributed by atoms with Crippen LogP contribution >= 0.6 is 0 Å². The molecule has 3 heteroatoms. The Kier molecular flexibility index (Phi) is 8.50. The van der Waals surface area contributed by atoms with Gasteiger partial charge in [0.1, 0.15) is 0 Å². The van der Waals surface area contributed by atoms with E-state index in [-0.39, 0.29) is 11.3 Å². The van der Waals surface area contributed by atoms with E-state index in [4.69, 9.17) is 4.74 Å². The van der Waals surface area contributed by atoms with Crippen molar-refractivity contribution in [3.63, 3.8) is 0 Å². The van der Waals surface area contributed by atoms with E-state index in [9.17, 15) is 4.79 Å². The van der Waals surface area contributed by atoms with Crippen LogP contribution in [0.2, 0.25) is 0 Å². The number of amides is 1. The molecule has 2 aliphatic rings. The average Bonchev–Trinajstić information content (AvgIpc) is 2.90. The number of carbonyl (C=O) groups is 1. The molecule has 0 spiro atoms. The molecule has 0 bridgehead atoms. The van der Waals surface area contributed by atoms with Gasteiger partial charge in [-0.2, -0.15) is 0 Å². The molecule has 1 aliphatic carbocycles. The number of allylic oxidation sites excluding steroid dienone is 9. The van der Waals surface area contributed by atoms with Crippen LogP contribution in [0.15, 0.2) is 58.7 Å². The van der Waals surface area contributed by atoms with E-state index in [0.29, 0.717) is 13.2 Å². The predicted molar refractivity (Wildman–Crippen MR) is 118 cm³/mol. The predicted octanol–water partition coefficient (Wildman–Crippen LogP) is 5.77. The van der Waals surface area contributed by atoms with Gasteiger partial charge in [0.15, 0.2) is 0 Å². The van der Waals surface area contributed by atoms with Crippen molar-refractivity contribution < 1.29 is 9.53 Å². The van der Waals surface area contributed by atoms with Crippen LogP contribution in [-0.4, -0.2) is 37.1 Å². The second-order valence-electron chi connectivity index (χ2n) is 8.71. The molecule has 1 heterocycles. The van der Waals surface area contributed by atoms with Crippen LogP contribution in [0.25, 0.3) is 0 Å². The lowest BCUT2D eigenvalue weighted by Gasteiger charge is -2.32. The Hall–Kier alpha value is -1.87. The van der Waals surface area contributed by atoms with E-state index in [1.165, 1.54) is 36.0 Å². The van der Waals surface area contributed by atoms with Crippen LogP contribution in [-0.2, 0) is 9.53 Å². The van der Waals surface area contributed by atoms with Crippen molar-refractivity contribution in [3.05, 3.63) is 58.7 Å².